The van der Waals surface area contributed by atoms with Crippen LogP contribution in [0.4, 0.5) is 5.69 Å². The minimum atomic E-state index is 0.218. The van der Waals surface area contributed by atoms with Gasteiger partial charge in [0, 0.05) is 18.8 Å². The van der Waals surface area contributed by atoms with Gasteiger partial charge in [-0.15, -0.1) is 0 Å². The molecule has 0 atom stereocenters. The molecule has 18 heavy (non-hydrogen) atoms. The molecule has 1 aromatic rings. The van der Waals surface area contributed by atoms with E-state index in [2.05, 4.69) is 24.4 Å². The first-order valence-electron chi connectivity index (χ1n) is 7.31. The third kappa shape index (κ3) is 6.06. The monoisotopic (exact) mass is 249 g/mol. The molecule has 0 saturated heterocycles. The van der Waals surface area contributed by atoms with Gasteiger partial charge in [-0.2, -0.15) is 0 Å². The number of aliphatic hydroxyl groups is 1. The third-order valence-corrected chi connectivity index (χ3v) is 3.24. The van der Waals surface area contributed by atoms with E-state index < -0.39 is 0 Å². The largest absolute Gasteiger partial charge is 0.396 e. The number of para-hydroxylation sites is 1. The summed E-state index contributed by atoms with van der Waals surface area (Å²) in [5.74, 6) is 0. The van der Waals surface area contributed by atoms with Crippen molar-refractivity contribution in [1.29, 1.82) is 0 Å². The van der Waals surface area contributed by atoms with Crippen LogP contribution in [0.5, 0.6) is 0 Å². The van der Waals surface area contributed by atoms with Crippen molar-refractivity contribution in [2.75, 3.05) is 18.5 Å². The maximum atomic E-state index is 9.01. The minimum Gasteiger partial charge on any atom is -0.396 e. The van der Waals surface area contributed by atoms with Gasteiger partial charge in [0.2, 0.25) is 0 Å². The standard InChI is InChI=1S/C16H27NO/c1-2-3-4-5-6-9-13-17-16-11-8-7-10-15(16)12-14-18/h7-8,10-11,17-18H,2-6,9,12-14H2,1H3. The first-order valence-corrected chi connectivity index (χ1v) is 7.31. The molecule has 0 heterocycles. The highest BCUT2D eigenvalue weighted by Crippen LogP contribution is 2.15. The molecule has 1 aromatic carbocycles. The van der Waals surface area contributed by atoms with Crippen molar-refractivity contribution in [3.05, 3.63) is 29.8 Å². The van der Waals surface area contributed by atoms with E-state index in [-0.39, 0.29) is 6.61 Å². The molecule has 0 bridgehead atoms. The van der Waals surface area contributed by atoms with Crippen molar-refractivity contribution in [2.24, 2.45) is 0 Å². The van der Waals surface area contributed by atoms with Crippen LogP contribution in [0.3, 0.4) is 0 Å². The van der Waals surface area contributed by atoms with Crippen LogP contribution in [0.15, 0.2) is 24.3 Å². The molecule has 0 aliphatic rings. The number of unbranched alkanes of at least 4 members (excludes halogenated alkanes) is 5. The van der Waals surface area contributed by atoms with Crippen LogP contribution in [0, 0.1) is 0 Å². The summed E-state index contributed by atoms with van der Waals surface area (Å²) in [5.41, 5.74) is 2.39. The summed E-state index contributed by atoms with van der Waals surface area (Å²) in [7, 11) is 0. The molecule has 2 nitrogen and oxygen atoms in total. The number of hydrogen-bond donors (Lipinski definition) is 2. The smallest absolute Gasteiger partial charge is 0.0472 e. The van der Waals surface area contributed by atoms with Crippen LogP contribution in [-0.2, 0) is 6.42 Å². The highest BCUT2D eigenvalue weighted by atomic mass is 16.2. The molecular weight excluding hydrogens is 222 g/mol. The molecule has 0 radical (unpaired) electrons. The lowest BCUT2D eigenvalue weighted by atomic mass is 10.1. The van der Waals surface area contributed by atoms with E-state index in [0.717, 1.165) is 13.0 Å². The lowest BCUT2D eigenvalue weighted by molar-refractivity contribution is 0.300. The highest BCUT2D eigenvalue weighted by Gasteiger charge is 1.99. The van der Waals surface area contributed by atoms with Crippen LogP contribution in [0.1, 0.15) is 51.0 Å². The van der Waals surface area contributed by atoms with Gasteiger partial charge in [0.25, 0.3) is 0 Å². The van der Waals surface area contributed by atoms with Crippen molar-refractivity contribution in [2.45, 2.75) is 51.9 Å². The Balaban J connectivity index is 2.18. The van der Waals surface area contributed by atoms with E-state index in [1.54, 1.807) is 0 Å². The van der Waals surface area contributed by atoms with E-state index in [4.69, 9.17) is 5.11 Å². The molecule has 0 aliphatic carbocycles. The fourth-order valence-corrected chi connectivity index (χ4v) is 2.16. The van der Waals surface area contributed by atoms with E-state index in [0.29, 0.717) is 0 Å². The Hall–Kier alpha value is -1.02. The Labute approximate surface area is 111 Å². The average Bonchev–Trinajstić information content (AvgIpc) is 2.40. The summed E-state index contributed by atoms with van der Waals surface area (Å²) in [4.78, 5) is 0. The Bertz CT molecular complexity index is 312. The Morgan fingerprint density at radius 1 is 1.00 bits per heavy atom. The summed E-state index contributed by atoms with van der Waals surface area (Å²) in [5, 5.41) is 12.5. The van der Waals surface area contributed by atoms with Crippen molar-refractivity contribution in [3.63, 3.8) is 0 Å². The van der Waals surface area contributed by atoms with E-state index in [9.17, 15) is 0 Å². The van der Waals surface area contributed by atoms with Gasteiger partial charge in [-0.05, 0) is 24.5 Å². The summed E-state index contributed by atoms with van der Waals surface area (Å²) < 4.78 is 0. The predicted molar refractivity (Wildman–Crippen MR) is 79.1 cm³/mol. The first kappa shape index (κ1) is 15.0. The minimum absolute atomic E-state index is 0.218. The SMILES string of the molecule is CCCCCCCCNc1ccccc1CCO. The molecule has 2 N–H and O–H groups in total. The Morgan fingerprint density at radius 3 is 2.50 bits per heavy atom. The summed E-state index contributed by atoms with van der Waals surface area (Å²) >= 11 is 0. The number of anilines is 1. The normalized spacial score (nSPS) is 10.6. The maximum Gasteiger partial charge on any atom is 0.0472 e. The van der Waals surface area contributed by atoms with Crippen LogP contribution >= 0.6 is 0 Å². The van der Waals surface area contributed by atoms with Crippen LogP contribution in [0.2, 0.25) is 0 Å². The van der Waals surface area contributed by atoms with Crippen LogP contribution in [0.25, 0.3) is 0 Å². The van der Waals surface area contributed by atoms with E-state index >= 15 is 0 Å². The fraction of sp³-hybridized carbons (Fsp3) is 0.625. The van der Waals surface area contributed by atoms with E-state index in [1.165, 1.54) is 49.8 Å². The molecule has 2 heteroatoms. The molecule has 1 rings (SSSR count). The molecule has 0 aromatic heterocycles. The van der Waals surface area contributed by atoms with Gasteiger partial charge in [-0.3, -0.25) is 0 Å². The second-order valence-electron chi connectivity index (χ2n) is 4.83. The molecule has 0 saturated carbocycles. The van der Waals surface area contributed by atoms with E-state index in [1.807, 2.05) is 12.1 Å². The summed E-state index contributed by atoms with van der Waals surface area (Å²) in [6, 6.07) is 8.26. The van der Waals surface area contributed by atoms with Gasteiger partial charge in [0.15, 0.2) is 0 Å². The van der Waals surface area contributed by atoms with Gasteiger partial charge in [0.1, 0.15) is 0 Å². The maximum absolute atomic E-state index is 9.01. The predicted octanol–water partition coefficient (Wildman–Crippen LogP) is 3.99. The number of rotatable bonds is 10. The molecule has 0 fully saturated rings. The summed E-state index contributed by atoms with van der Waals surface area (Å²) in [6.45, 7) is 3.50. The Kier molecular flexibility index (Phi) is 8.32. The summed E-state index contributed by atoms with van der Waals surface area (Å²) in [6.07, 6.45) is 8.69. The lowest BCUT2D eigenvalue weighted by Crippen LogP contribution is -2.05. The van der Waals surface area contributed by atoms with Crippen molar-refractivity contribution in [1.82, 2.24) is 0 Å². The average molecular weight is 249 g/mol. The topological polar surface area (TPSA) is 32.3 Å². The zero-order valence-corrected chi connectivity index (χ0v) is 11.6. The van der Waals surface area contributed by atoms with Crippen LogP contribution < -0.4 is 5.32 Å². The van der Waals surface area contributed by atoms with Crippen molar-refractivity contribution >= 4 is 5.69 Å². The zero-order chi connectivity index (χ0) is 13.1. The zero-order valence-electron chi connectivity index (χ0n) is 11.6. The number of aliphatic hydroxyl groups excluding tert-OH is 1. The molecule has 0 spiro atoms. The second kappa shape index (κ2) is 9.95. The molecule has 0 unspecified atom stereocenters. The fourth-order valence-electron chi connectivity index (χ4n) is 2.16. The van der Waals surface area contributed by atoms with Gasteiger partial charge in [-0.25, -0.2) is 0 Å². The second-order valence-corrected chi connectivity index (χ2v) is 4.83. The molecule has 102 valence electrons. The number of hydrogen-bond acceptors (Lipinski definition) is 2. The first-order chi connectivity index (χ1) is 8.88. The Morgan fingerprint density at radius 2 is 1.72 bits per heavy atom. The van der Waals surface area contributed by atoms with Crippen molar-refractivity contribution in [3.8, 4) is 0 Å². The third-order valence-electron chi connectivity index (χ3n) is 3.24. The van der Waals surface area contributed by atoms with Gasteiger partial charge in [-0.1, -0.05) is 57.2 Å². The van der Waals surface area contributed by atoms with Crippen molar-refractivity contribution < 1.29 is 5.11 Å². The van der Waals surface area contributed by atoms with Crippen LogP contribution in [-0.4, -0.2) is 18.3 Å². The highest BCUT2D eigenvalue weighted by molar-refractivity contribution is 5.51. The molecule has 0 amide bonds. The lowest BCUT2D eigenvalue weighted by Gasteiger charge is -2.11. The van der Waals surface area contributed by atoms with Gasteiger partial charge < -0.3 is 10.4 Å². The van der Waals surface area contributed by atoms with Gasteiger partial charge in [0.05, 0.1) is 0 Å². The van der Waals surface area contributed by atoms with Gasteiger partial charge >= 0.3 is 0 Å². The number of benzene rings is 1. The molecule has 0 aliphatic heterocycles. The molecular formula is C16H27NO. The number of nitrogens with one attached hydrogen (secondary N) is 1. The quantitative estimate of drug-likeness (QED) is 0.614.